The summed E-state index contributed by atoms with van der Waals surface area (Å²) in [5.74, 6) is -0.178. The molecular weight excluding hydrogens is 400 g/mol. The van der Waals surface area contributed by atoms with E-state index in [1.54, 1.807) is 36.6 Å². The number of hydrogen-bond acceptors (Lipinski definition) is 6. The van der Waals surface area contributed by atoms with Gasteiger partial charge in [-0.2, -0.15) is 0 Å². The highest BCUT2D eigenvalue weighted by Crippen LogP contribution is 2.34. The number of benzene rings is 2. The molecule has 0 radical (unpaired) electrons. The Morgan fingerprint density at radius 3 is 2.57 bits per heavy atom. The Morgan fingerprint density at radius 2 is 1.87 bits per heavy atom. The van der Waals surface area contributed by atoms with E-state index in [4.69, 9.17) is 9.15 Å². The molecular formula is C23H18N2O4S. The number of furan rings is 1. The zero-order valence-electron chi connectivity index (χ0n) is 16.3. The number of methoxy groups -OCH3 is 1. The van der Waals surface area contributed by atoms with Crippen molar-refractivity contribution in [3.8, 4) is 22.0 Å². The highest BCUT2D eigenvalue weighted by Gasteiger charge is 2.22. The number of hydrogen-bond donors (Lipinski definition) is 1. The van der Waals surface area contributed by atoms with Crippen LogP contribution in [0.4, 0.5) is 5.69 Å². The molecule has 4 aromatic rings. The lowest BCUT2D eigenvalue weighted by molar-refractivity contribution is 0.0600. The van der Waals surface area contributed by atoms with Gasteiger partial charge in [0.15, 0.2) is 10.8 Å². The zero-order chi connectivity index (χ0) is 21.1. The van der Waals surface area contributed by atoms with Gasteiger partial charge in [-0.25, -0.2) is 9.78 Å². The predicted molar refractivity (Wildman–Crippen MR) is 116 cm³/mol. The molecule has 2 aromatic heterocycles. The zero-order valence-corrected chi connectivity index (χ0v) is 17.2. The van der Waals surface area contributed by atoms with Crippen molar-refractivity contribution >= 4 is 28.9 Å². The second kappa shape index (κ2) is 8.34. The van der Waals surface area contributed by atoms with E-state index in [0.29, 0.717) is 32.6 Å². The van der Waals surface area contributed by atoms with Crippen LogP contribution in [0, 0.1) is 6.92 Å². The number of carbonyl (C=O) groups is 2. The van der Waals surface area contributed by atoms with E-state index in [1.807, 2.05) is 37.3 Å². The van der Waals surface area contributed by atoms with Gasteiger partial charge in [0.2, 0.25) is 0 Å². The van der Waals surface area contributed by atoms with Gasteiger partial charge in [0.1, 0.15) is 4.88 Å². The van der Waals surface area contributed by atoms with Crippen molar-refractivity contribution < 1.29 is 18.7 Å². The first kappa shape index (κ1) is 19.6. The Labute approximate surface area is 177 Å². The van der Waals surface area contributed by atoms with Gasteiger partial charge in [0.25, 0.3) is 5.91 Å². The van der Waals surface area contributed by atoms with Gasteiger partial charge in [0.05, 0.1) is 24.6 Å². The summed E-state index contributed by atoms with van der Waals surface area (Å²) < 4.78 is 10.2. The quantitative estimate of drug-likeness (QED) is 0.438. The molecule has 6 nitrogen and oxygen atoms in total. The van der Waals surface area contributed by atoms with E-state index in [2.05, 4.69) is 10.3 Å². The number of rotatable bonds is 5. The van der Waals surface area contributed by atoms with Crippen LogP contribution in [0.25, 0.3) is 22.0 Å². The Kier molecular flexibility index (Phi) is 5.45. The molecule has 0 atom stereocenters. The summed E-state index contributed by atoms with van der Waals surface area (Å²) >= 11 is 1.25. The first-order valence-electron chi connectivity index (χ1n) is 9.17. The number of anilines is 1. The molecule has 1 N–H and O–H groups in total. The molecule has 30 heavy (non-hydrogen) atoms. The van der Waals surface area contributed by atoms with Crippen molar-refractivity contribution in [2.45, 2.75) is 6.92 Å². The molecule has 2 heterocycles. The van der Waals surface area contributed by atoms with Gasteiger partial charge in [-0.15, -0.1) is 11.3 Å². The van der Waals surface area contributed by atoms with Gasteiger partial charge in [-0.05, 0) is 36.8 Å². The van der Waals surface area contributed by atoms with Crippen LogP contribution in [0.1, 0.15) is 25.6 Å². The summed E-state index contributed by atoms with van der Waals surface area (Å²) in [6.45, 7) is 1.86. The third-order valence-corrected chi connectivity index (χ3v) is 5.59. The van der Waals surface area contributed by atoms with E-state index in [-0.39, 0.29) is 5.91 Å². The minimum Gasteiger partial charge on any atom is -0.465 e. The maximum absolute atomic E-state index is 13.2. The number of aryl methyl sites for hydroxylation is 1. The maximum atomic E-state index is 13.2. The topological polar surface area (TPSA) is 81.4 Å². The van der Waals surface area contributed by atoms with Crippen molar-refractivity contribution in [2.24, 2.45) is 0 Å². The van der Waals surface area contributed by atoms with Crippen LogP contribution in [0.2, 0.25) is 0 Å². The van der Waals surface area contributed by atoms with E-state index in [1.165, 1.54) is 18.4 Å². The van der Waals surface area contributed by atoms with Gasteiger partial charge < -0.3 is 14.5 Å². The molecule has 0 spiro atoms. The van der Waals surface area contributed by atoms with Crippen molar-refractivity contribution in [3.63, 3.8) is 0 Å². The van der Waals surface area contributed by atoms with Crippen LogP contribution in [-0.2, 0) is 4.74 Å². The molecule has 7 heteroatoms. The van der Waals surface area contributed by atoms with Crippen molar-refractivity contribution in [1.29, 1.82) is 0 Å². The van der Waals surface area contributed by atoms with E-state index in [0.717, 1.165) is 11.1 Å². The normalized spacial score (nSPS) is 10.6. The Bertz CT molecular complexity index is 1200. The molecule has 2 aromatic carbocycles. The number of ether oxygens (including phenoxy) is 1. The summed E-state index contributed by atoms with van der Waals surface area (Å²) in [4.78, 5) is 30.2. The van der Waals surface area contributed by atoms with Gasteiger partial charge >= 0.3 is 5.97 Å². The fourth-order valence-electron chi connectivity index (χ4n) is 2.95. The van der Waals surface area contributed by atoms with Crippen LogP contribution in [0.5, 0.6) is 0 Å². The first-order chi connectivity index (χ1) is 14.6. The summed E-state index contributed by atoms with van der Waals surface area (Å²) in [6, 6.07) is 18.1. The van der Waals surface area contributed by atoms with Gasteiger partial charge in [-0.3, -0.25) is 4.79 Å². The lowest BCUT2D eigenvalue weighted by atomic mass is 10.1. The average molecular weight is 418 g/mol. The van der Waals surface area contributed by atoms with Crippen molar-refractivity contribution in [3.05, 3.63) is 82.9 Å². The van der Waals surface area contributed by atoms with E-state index in [9.17, 15) is 9.59 Å². The molecule has 0 unspecified atom stereocenters. The maximum Gasteiger partial charge on any atom is 0.337 e. The molecule has 4 rings (SSSR count). The number of carbonyl (C=O) groups excluding carboxylic acids is 2. The third-order valence-electron chi connectivity index (χ3n) is 4.52. The molecule has 0 bridgehead atoms. The lowest BCUT2D eigenvalue weighted by Gasteiger charge is -2.10. The van der Waals surface area contributed by atoms with Crippen molar-refractivity contribution in [1.82, 2.24) is 4.98 Å². The van der Waals surface area contributed by atoms with E-state index >= 15 is 0 Å². The second-order valence-electron chi connectivity index (χ2n) is 6.52. The number of nitrogens with one attached hydrogen (secondary N) is 1. The predicted octanol–water partition coefficient (Wildman–Crippen LogP) is 5.42. The van der Waals surface area contributed by atoms with Gasteiger partial charge in [0, 0.05) is 11.3 Å². The Morgan fingerprint density at radius 1 is 1.07 bits per heavy atom. The number of thiazole rings is 1. The summed E-state index contributed by atoms with van der Waals surface area (Å²) in [6.07, 6.45) is 1.57. The Hall–Kier alpha value is -3.71. The van der Waals surface area contributed by atoms with Crippen LogP contribution in [0.15, 0.2) is 71.3 Å². The number of nitrogens with zero attached hydrogens (tertiary/aromatic N) is 1. The van der Waals surface area contributed by atoms with Crippen LogP contribution in [-0.4, -0.2) is 24.0 Å². The summed E-state index contributed by atoms with van der Waals surface area (Å²) in [5.41, 5.74) is 3.13. The summed E-state index contributed by atoms with van der Waals surface area (Å²) in [5, 5.41) is 3.52. The summed E-state index contributed by atoms with van der Waals surface area (Å²) in [7, 11) is 1.32. The molecule has 0 aliphatic heterocycles. The Balaban J connectivity index is 1.73. The van der Waals surface area contributed by atoms with Crippen LogP contribution < -0.4 is 5.32 Å². The van der Waals surface area contributed by atoms with Crippen LogP contribution in [0.3, 0.4) is 0 Å². The monoisotopic (exact) mass is 418 g/mol. The number of esters is 1. The standard InChI is InChI=1S/C23H18N2O4S/c1-14-10-11-16(23(27)28-2)13-17(14)24-21(26)20-19(15-7-4-3-5-8-15)25-22(30-20)18-9-6-12-29-18/h3-13H,1-2H3,(H,24,26). The molecule has 150 valence electrons. The smallest absolute Gasteiger partial charge is 0.337 e. The van der Waals surface area contributed by atoms with Crippen LogP contribution >= 0.6 is 11.3 Å². The fourth-order valence-corrected chi connectivity index (χ4v) is 3.90. The van der Waals surface area contributed by atoms with E-state index < -0.39 is 5.97 Å². The largest absolute Gasteiger partial charge is 0.465 e. The first-order valence-corrected chi connectivity index (χ1v) is 9.99. The third kappa shape index (κ3) is 3.88. The molecule has 0 saturated heterocycles. The molecule has 0 fully saturated rings. The highest BCUT2D eigenvalue weighted by atomic mass is 32.1. The molecule has 0 saturated carbocycles. The fraction of sp³-hybridized carbons (Fsp3) is 0.0870. The van der Waals surface area contributed by atoms with Gasteiger partial charge in [-0.1, -0.05) is 36.4 Å². The lowest BCUT2D eigenvalue weighted by Crippen LogP contribution is -2.13. The SMILES string of the molecule is COC(=O)c1ccc(C)c(NC(=O)c2sc(-c3ccco3)nc2-c2ccccc2)c1. The molecule has 0 aliphatic rings. The molecule has 0 aliphatic carbocycles. The highest BCUT2D eigenvalue weighted by molar-refractivity contribution is 7.17. The minimum absolute atomic E-state index is 0.311. The average Bonchev–Trinajstić information content (AvgIpc) is 3.45. The van der Waals surface area contributed by atoms with Crippen molar-refractivity contribution in [2.75, 3.05) is 12.4 Å². The number of amides is 1. The second-order valence-corrected chi connectivity index (χ2v) is 7.51. The number of aromatic nitrogens is 1. The molecule has 1 amide bonds. The minimum atomic E-state index is -0.464.